The van der Waals surface area contributed by atoms with Crippen LogP contribution in [0.3, 0.4) is 0 Å². The number of hydrogen-bond donors (Lipinski definition) is 1. The average molecular weight is 374 g/mol. The van der Waals surface area contributed by atoms with E-state index in [2.05, 4.69) is 16.2 Å². The van der Waals surface area contributed by atoms with Crippen LogP contribution in [0.15, 0.2) is 60.0 Å². The first kappa shape index (κ1) is 18.4. The number of aryl methyl sites for hydroxylation is 1. The van der Waals surface area contributed by atoms with Crippen molar-refractivity contribution >= 4 is 29.0 Å². The van der Waals surface area contributed by atoms with Crippen LogP contribution in [0.2, 0.25) is 0 Å². The monoisotopic (exact) mass is 374 g/mol. The maximum absolute atomic E-state index is 12.2. The van der Waals surface area contributed by atoms with Crippen LogP contribution in [-0.4, -0.2) is 10.9 Å². The van der Waals surface area contributed by atoms with E-state index in [1.807, 2.05) is 42.6 Å². The molecule has 3 rings (SSSR count). The van der Waals surface area contributed by atoms with Gasteiger partial charge in [0.25, 0.3) is 0 Å². The SMILES string of the molecule is C#Cc1cccc(NC(=O)C=Cc2ccccc2OCc2csc(C)n2)c1. The Bertz CT molecular complexity index is 1010. The molecule has 0 radical (unpaired) electrons. The van der Waals surface area contributed by atoms with Gasteiger partial charge in [0.1, 0.15) is 12.4 Å². The lowest BCUT2D eigenvalue weighted by atomic mass is 10.2. The predicted octanol–water partition coefficient (Wildman–Crippen LogP) is 4.66. The number of amides is 1. The Labute approximate surface area is 162 Å². The number of rotatable bonds is 6. The van der Waals surface area contributed by atoms with E-state index in [0.717, 1.165) is 16.3 Å². The third kappa shape index (κ3) is 5.30. The van der Waals surface area contributed by atoms with Gasteiger partial charge in [-0.15, -0.1) is 17.8 Å². The highest BCUT2D eigenvalue weighted by Crippen LogP contribution is 2.21. The van der Waals surface area contributed by atoms with E-state index < -0.39 is 0 Å². The highest BCUT2D eigenvalue weighted by molar-refractivity contribution is 7.09. The third-order valence-corrected chi connectivity index (χ3v) is 4.49. The topological polar surface area (TPSA) is 51.2 Å². The van der Waals surface area contributed by atoms with Gasteiger partial charge in [-0.2, -0.15) is 0 Å². The normalized spacial score (nSPS) is 10.5. The van der Waals surface area contributed by atoms with Crippen LogP contribution in [0.25, 0.3) is 6.08 Å². The van der Waals surface area contributed by atoms with Gasteiger partial charge in [0.2, 0.25) is 5.91 Å². The fraction of sp³-hybridized carbons (Fsp3) is 0.0909. The van der Waals surface area contributed by atoms with Crippen molar-refractivity contribution in [1.29, 1.82) is 0 Å². The molecule has 1 aromatic heterocycles. The molecule has 1 amide bonds. The van der Waals surface area contributed by atoms with Crippen molar-refractivity contribution in [2.75, 3.05) is 5.32 Å². The van der Waals surface area contributed by atoms with Gasteiger partial charge in [0.15, 0.2) is 0 Å². The molecule has 0 aliphatic heterocycles. The van der Waals surface area contributed by atoms with E-state index in [0.29, 0.717) is 23.6 Å². The minimum Gasteiger partial charge on any atom is -0.487 e. The number of anilines is 1. The van der Waals surface area contributed by atoms with E-state index in [1.165, 1.54) is 6.08 Å². The Morgan fingerprint density at radius 3 is 2.93 bits per heavy atom. The lowest BCUT2D eigenvalue weighted by molar-refractivity contribution is -0.111. The number of terminal acetylenes is 1. The summed E-state index contributed by atoms with van der Waals surface area (Å²) in [4.78, 5) is 16.6. The van der Waals surface area contributed by atoms with Gasteiger partial charge in [-0.25, -0.2) is 4.98 Å². The number of carbonyl (C=O) groups is 1. The standard InChI is InChI=1S/C22H18N2O2S/c1-3-17-7-6-9-19(13-17)24-22(25)12-11-18-8-4-5-10-21(18)26-14-20-15-27-16(2)23-20/h1,4-13,15H,14H2,2H3,(H,24,25). The van der Waals surface area contributed by atoms with Gasteiger partial charge in [0, 0.05) is 28.3 Å². The Hall–Kier alpha value is -3.36. The van der Waals surface area contributed by atoms with Gasteiger partial charge < -0.3 is 10.1 Å². The van der Waals surface area contributed by atoms with Crippen molar-refractivity contribution in [3.8, 4) is 18.1 Å². The van der Waals surface area contributed by atoms with Gasteiger partial charge >= 0.3 is 0 Å². The molecule has 5 heteroatoms. The summed E-state index contributed by atoms with van der Waals surface area (Å²) in [5.74, 6) is 3.00. The molecule has 0 aliphatic rings. The third-order valence-electron chi connectivity index (χ3n) is 3.67. The summed E-state index contributed by atoms with van der Waals surface area (Å²) < 4.78 is 5.86. The number of hydrogen-bond acceptors (Lipinski definition) is 4. The Morgan fingerprint density at radius 2 is 2.15 bits per heavy atom. The zero-order valence-corrected chi connectivity index (χ0v) is 15.6. The second-order valence-electron chi connectivity index (χ2n) is 5.73. The van der Waals surface area contributed by atoms with E-state index in [4.69, 9.17) is 11.2 Å². The minimum absolute atomic E-state index is 0.242. The molecule has 0 atom stereocenters. The fourth-order valence-electron chi connectivity index (χ4n) is 2.41. The number of benzene rings is 2. The van der Waals surface area contributed by atoms with Crippen molar-refractivity contribution < 1.29 is 9.53 Å². The summed E-state index contributed by atoms with van der Waals surface area (Å²) in [5.41, 5.74) is 3.08. The molecule has 0 aliphatic carbocycles. The van der Waals surface area contributed by atoms with Gasteiger partial charge in [-0.05, 0) is 37.3 Å². The second-order valence-corrected chi connectivity index (χ2v) is 6.79. The lowest BCUT2D eigenvalue weighted by Gasteiger charge is -2.08. The zero-order chi connectivity index (χ0) is 19.1. The first-order valence-corrected chi connectivity index (χ1v) is 9.20. The molecule has 4 nitrogen and oxygen atoms in total. The number of carbonyl (C=O) groups excluding carboxylic acids is 1. The second kappa shape index (κ2) is 8.84. The number of thiazole rings is 1. The number of ether oxygens (including phenoxy) is 1. The van der Waals surface area contributed by atoms with Gasteiger partial charge in [0.05, 0.1) is 10.7 Å². The molecular formula is C22H18N2O2S. The van der Waals surface area contributed by atoms with Crippen molar-refractivity contribution in [1.82, 2.24) is 4.98 Å². The molecular weight excluding hydrogens is 356 g/mol. The molecule has 0 saturated heterocycles. The van der Waals surface area contributed by atoms with Crippen LogP contribution in [0.1, 0.15) is 21.8 Å². The van der Waals surface area contributed by atoms with Crippen LogP contribution < -0.4 is 10.1 Å². The van der Waals surface area contributed by atoms with E-state index in [9.17, 15) is 4.79 Å². The van der Waals surface area contributed by atoms with E-state index >= 15 is 0 Å². The predicted molar refractivity (Wildman–Crippen MR) is 110 cm³/mol. The van der Waals surface area contributed by atoms with Crippen molar-refractivity contribution in [2.24, 2.45) is 0 Å². The van der Waals surface area contributed by atoms with Crippen molar-refractivity contribution in [3.63, 3.8) is 0 Å². The maximum atomic E-state index is 12.2. The molecule has 0 spiro atoms. The smallest absolute Gasteiger partial charge is 0.248 e. The first-order valence-electron chi connectivity index (χ1n) is 8.32. The summed E-state index contributed by atoms with van der Waals surface area (Å²) in [6, 6.07) is 14.7. The van der Waals surface area contributed by atoms with Crippen molar-refractivity contribution in [2.45, 2.75) is 13.5 Å². The Morgan fingerprint density at radius 1 is 1.30 bits per heavy atom. The number of nitrogens with one attached hydrogen (secondary N) is 1. The molecule has 0 fully saturated rings. The van der Waals surface area contributed by atoms with Crippen LogP contribution in [0.5, 0.6) is 5.75 Å². The highest BCUT2D eigenvalue weighted by Gasteiger charge is 2.04. The quantitative estimate of drug-likeness (QED) is 0.504. The Balaban J connectivity index is 1.65. The van der Waals surface area contributed by atoms with Crippen LogP contribution in [-0.2, 0) is 11.4 Å². The van der Waals surface area contributed by atoms with Crippen LogP contribution >= 0.6 is 11.3 Å². The molecule has 1 heterocycles. The molecule has 27 heavy (non-hydrogen) atoms. The number of para-hydroxylation sites is 1. The molecule has 134 valence electrons. The zero-order valence-electron chi connectivity index (χ0n) is 14.8. The van der Waals surface area contributed by atoms with E-state index in [-0.39, 0.29) is 5.91 Å². The number of nitrogens with zero attached hydrogens (tertiary/aromatic N) is 1. The molecule has 2 aromatic carbocycles. The van der Waals surface area contributed by atoms with Crippen LogP contribution in [0, 0.1) is 19.3 Å². The summed E-state index contributed by atoms with van der Waals surface area (Å²) in [7, 11) is 0. The molecule has 0 bridgehead atoms. The fourth-order valence-corrected chi connectivity index (χ4v) is 3.01. The van der Waals surface area contributed by atoms with Gasteiger partial charge in [-0.1, -0.05) is 30.2 Å². The molecule has 0 unspecified atom stereocenters. The first-order chi connectivity index (χ1) is 13.1. The summed E-state index contributed by atoms with van der Waals surface area (Å²) in [5, 5.41) is 5.78. The number of aromatic nitrogens is 1. The highest BCUT2D eigenvalue weighted by atomic mass is 32.1. The molecule has 0 saturated carbocycles. The van der Waals surface area contributed by atoms with Crippen LogP contribution in [0.4, 0.5) is 5.69 Å². The summed E-state index contributed by atoms with van der Waals surface area (Å²) in [6.45, 7) is 2.35. The average Bonchev–Trinajstić information content (AvgIpc) is 3.10. The van der Waals surface area contributed by atoms with E-state index in [1.54, 1.807) is 35.6 Å². The summed E-state index contributed by atoms with van der Waals surface area (Å²) in [6.07, 6.45) is 8.57. The van der Waals surface area contributed by atoms with Crippen molar-refractivity contribution in [3.05, 3.63) is 81.8 Å². The molecule has 1 N–H and O–H groups in total. The molecule has 3 aromatic rings. The maximum Gasteiger partial charge on any atom is 0.248 e. The largest absolute Gasteiger partial charge is 0.487 e. The lowest BCUT2D eigenvalue weighted by Crippen LogP contribution is -2.07. The Kier molecular flexibility index (Phi) is 6.03. The minimum atomic E-state index is -0.242. The van der Waals surface area contributed by atoms with Gasteiger partial charge in [-0.3, -0.25) is 4.79 Å². The summed E-state index contributed by atoms with van der Waals surface area (Å²) >= 11 is 1.59.